The predicted molar refractivity (Wildman–Crippen MR) is 112 cm³/mol. The number of amides is 1. The van der Waals surface area contributed by atoms with Gasteiger partial charge < -0.3 is 9.64 Å². The number of ether oxygens (including phenoxy) is 1. The normalized spacial score (nSPS) is 11.9. The second-order valence-corrected chi connectivity index (χ2v) is 6.55. The molecule has 3 aromatic rings. The van der Waals surface area contributed by atoms with Crippen LogP contribution >= 0.6 is 0 Å². The van der Waals surface area contributed by atoms with Gasteiger partial charge in [0.1, 0.15) is 12.4 Å². The van der Waals surface area contributed by atoms with Crippen LogP contribution in [0.1, 0.15) is 29.8 Å². The van der Waals surface area contributed by atoms with Gasteiger partial charge in [-0.05, 0) is 48.4 Å². The molecule has 1 heterocycles. The fourth-order valence-electron chi connectivity index (χ4n) is 2.75. The molecule has 0 saturated heterocycles. The number of likely N-dealkylation sites (N-methyl/N-ethyl adjacent to an activating group) is 1. The molecule has 142 valence electrons. The highest BCUT2D eigenvalue weighted by Gasteiger charge is 2.14. The van der Waals surface area contributed by atoms with Crippen LogP contribution in [-0.4, -0.2) is 22.8 Å². The van der Waals surface area contributed by atoms with Crippen LogP contribution in [0.25, 0.3) is 6.08 Å². The maximum Gasteiger partial charge on any atom is 0.246 e. The number of aromatic nitrogens is 1. The van der Waals surface area contributed by atoms with Crippen LogP contribution in [0.4, 0.5) is 0 Å². The van der Waals surface area contributed by atoms with Crippen LogP contribution in [0.2, 0.25) is 0 Å². The number of carbonyl (C=O) groups is 1. The molecule has 1 atom stereocenters. The van der Waals surface area contributed by atoms with E-state index in [0.717, 1.165) is 22.6 Å². The van der Waals surface area contributed by atoms with Gasteiger partial charge in [0, 0.05) is 19.3 Å². The lowest BCUT2D eigenvalue weighted by molar-refractivity contribution is -0.126. The van der Waals surface area contributed by atoms with Crippen molar-refractivity contribution in [3.8, 4) is 5.75 Å². The Kier molecular flexibility index (Phi) is 6.58. The van der Waals surface area contributed by atoms with E-state index in [0.29, 0.717) is 6.61 Å². The Morgan fingerprint density at radius 2 is 1.75 bits per heavy atom. The fourth-order valence-corrected chi connectivity index (χ4v) is 2.75. The molecule has 0 bridgehead atoms. The molecule has 0 unspecified atom stereocenters. The summed E-state index contributed by atoms with van der Waals surface area (Å²) in [5.74, 6) is 0.732. The molecule has 3 rings (SSSR count). The van der Waals surface area contributed by atoms with Gasteiger partial charge in [-0.1, -0.05) is 48.5 Å². The van der Waals surface area contributed by atoms with Gasteiger partial charge in [-0.15, -0.1) is 0 Å². The lowest BCUT2D eigenvalue weighted by atomic mass is 10.1. The van der Waals surface area contributed by atoms with E-state index < -0.39 is 0 Å². The number of hydrogen-bond acceptors (Lipinski definition) is 3. The Hall–Kier alpha value is -3.40. The van der Waals surface area contributed by atoms with Gasteiger partial charge in [0.2, 0.25) is 5.91 Å². The summed E-state index contributed by atoms with van der Waals surface area (Å²) in [6.45, 7) is 2.45. The summed E-state index contributed by atoms with van der Waals surface area (Å²) in [5.41, 5.74) is 2.94. The monoisotopic (exact) mass is 372 g/mol. The van der Waals surface area contributed by atoms with E-state index >= 15 is 0 Å². The van der Waals surface area contributed by atoms with Crippen molar-refractivity contribution in [3.05, 3.63) is 102 Å². The van der Waals surface area contributed by atoms with Crippen LogP contribution in [0.3, 0.4) is 0 Å². The number of benzene rings is 2. The third-order valence-electron chi connectivity index (χ3n) is 4.62. The van der Waals surface area contributed by atoms with Crippen LogP contribution < -0.4 is 4.74 Å². The van der Waals surface area contributed by atoms with E-state index in [1.54, 1.807) is 17.2 Å². The van der Waals surface area contributed by atoms with Gasteiger partial charge in [-0.25, -0.2) is 0 Å². The van der Waals surface area contributed by atoms with Crippen molar-refractivity contribution in [1.82, 2.24) is 9.88 Å². The Bertz CT molecular complexity index is 906. The maximum atomic E-state index is 12.5. The molecule has 0 N–H and O–H groups in total. The van der Waals surface area contributed by atoms with Crippen molar-refractivity contribution >= 4 is 12.0 Å². The third-order valence-corrected chi connectivity index (χ3v) is 4.62. The van der Waals surface area contributed by atoms with Gasteiger partial charge in [0.05, 0.1) is 11.7 Å². The second-order valence-electron chi connectivity index (χ2n) is 6.55. The molecular weight excluding hydrogens is 348 g/mol. The Morgan fingerprint density at radius 3 is 2.43 bits per heavy atom. The zero-order valence-electron chi connectivity index (χ0n) is 16.2. The first-order valence-corrected chi connectivity index (χ1v) is 9.26. The lowest BCUT2D eigenvalue weighted by Gasteiger charge is -2.24. The molecule has 0 aliphatic carbocycles. The van der Waals surface area contributed by atoms with Crippen molar-refractivity contribution in [2.75, 3.05) is 7.05 Å². The average molecular weight is 372 g/mol. The molecule has 0 spiro atoms. The van der Waals surface area contributed by atoms with Crippen molar-refractivity contribution in [1.29, 1.82) is 0 Å². The SMILES string of the molecule is C[C@@H](c1ccccc1)N(C)C(=O)/C=C/c1ccc(OCc2ccccn2)cc1. The molecule has 0 aliphatic rings. The van der Waals surface area contributed by atoms with E-state index in [-0.39, 0.29) is 11.9 Å². The standard InChI is InChI=1S/C24H24N2O2/c1-19(21-8-4-3-5-9-21)26(2)24(27)16-13-20-11-14-23(15-12-20)28-18-22-10-6-7-17-25-22/h3-17,19H,18H2,1-2H3/b16-13+/t19-/m0/s1. The Labute approximate surface area is 166 Å². The first-order chi connectivity index (χ1) is 13.6. The van der Waals surface area contributed by atoms with E-state index in [9.17, 15) is 4.79 Å². The number of carbonyl (C=O) groups excluding carboxylic acids is 1. The zero-order chi connectivity index (χ0) is 19.8. The van der Waals surface area contributed by atoms with Gasteiger partial charge in [0.15, 0.2) is 0 Å². The van der Waals surface area contributed by atoms with Crippen LogP contribution in [0.5, 0.6) is 5.75 Å². The summed E-state index contributed by atoms with van der Waals surface area (Å²) >= 11 is 0. The van der Waals surface area contributed by atoms with Crippen LogP contribution in [0, 0.1) is 0 Å². The number of rotatable bonds is 7. The maximum absolute atomic E-state index is 12.5. The summed E-state index contributed by atoms with van der Waals surface area (Å²) in [5, 5.41) is 0. The predicted octanol–water partition coefficient (Wildman–Crippen LogP) is 4.89. The fraction of sp³-hybridized carbons (Fsp3) is 0.167. The highest BCUT2D eigenvalue weighted by molar-refractivity contribution is 5.91. The smallest absolute Gasteiger partial charge is 0.246 e. The zero-order valence-corrected chi connectivity index (χ0v) is 16.2. The number of pyridine rings is 1. The first-order valence-electron chi connectivity index (χ1n) is 9.26. The van der Waals surface area contributed by atoms with Crippen LogP contribution in [-0.2, 0) is 11.4 Å². The minimum Gasteiger partial charge on any atom is -0.487 e. The molecule has 4 nitrogen and oxygen atoms in total. The van der Waals surface area contributed by atoms with E-state index in [4.69, 9.17) is 4.74 Å². The molecule has 1 amide bonds. The summed E-state index contributed by atoms with van der Waals surface area (Å²) < 4.78 is 5.73. The van der Waals surface area contributed by atoms with Gasteiger partial charge in [0.25, 0.3) is 0 Å². The number of nitrogens with zero attached hydrogens (tertiary/aromatic N) is 2. The molecule has 0 saturated carbocycles. The van der Waals surface area contributed by atoms with E-state index in [1.165, 1.54) is 0 Å². The first kappa shape index (κ1) is 19.4. The molecule has 28 heavy (non-hydrogen) atoms. The molecule has 0 aliphatic heterocycles. The molecule has 4 heteroatoms. The largest absolute Gasteiger partial charge is 0.487 e. The van der Waals surface area contributed by atoms with Crippen molar-refractivity contribution in [2.24, 2.45) is 0 Å². The highest BCUT2D eigenvalue weighted by Crippen LogP contribution is 2.19. The summed E-state index contributed by atoms with van der Waals surface area (Å²) in [6, 6.07) is 23.4. The molecule has 0 fully saturated rings. The van der Waals surface area contributed by atoms with Crippen molar-refractivity contribution < 1.29 is 9.53 Å². The molecular formula is C24H24N2O2. The van der Waals surface area contributed by atoms with Crippen LogP contribution in [0.15, 0.2) is 85.1 Å². The summed E-state index contributed by atoms with van der Waals surface area (Å²) in [6.07, 6.45) is 5.17. The number of hydrogen-bond donors (Lipinski definition) is 0. The van der Waals surface area contributed by atoms with Gasteiger partial charge in [-0.2, -0.15) is 0 Å². The Morgan fingerprint density at radius 1 is 1.04 bits per heavy atom. The van der Waals surface area contributed by atoms with E-state index in [2.05, 4.69) is 4.98 Å². The van der Waals surface area contributed by atoms with Gasteiger partial charge in [-0.3, -0.25) is 9.78 Å². The van der Waals surface area contributed by atoms with Crippen molar-refractivity contribution in [2.45, 2.75) is 19.6 Å². The summed E-state index contributed by atoms with van der Waals surface area (Å²) in [4.78, 5) is 18.4. The minimum absolute atomic E-state index is 0.0146. The van der Waals surface area contributed by atoms with Gasteiger partial charge >= 0.3 is 0 Å². The molecule has 1 aromatic heterocycles. The average Bonchev–Trinajstić information content (AvgIpc) is 2.77. The summed E-state index contributed by atoms with van der Waals surface area (Å²) in [7, 11) is 1.82. The Balaban J connectivity index is 1.55. The van der Waals surface area contributed by atoms with E-state index in [1.807, 2.05) is 92.8 Å². The topological polar surface area (TPSA) is 42.4 Å². The quantitative estimate of drug-likeness (QED) is 0.554. The van der Waals surface area contributed by atoms with Crippen molar-refractivity contribution in [3.63, 3.8) is 0 Å². The second kappa shape index (κ2) is 9.51. The molecule has 0 radical (unpaired) electrons. The third kappa shape index (κ3) is 5.30. The minimum atomic E-state index is -0.0353. The lowest BCUT2D eigenvalue weighted by Crippen LogP contribution is -2.27. The highest BCUT2D eigenvalue weighted by atomic mass is 16.5. The molecule has 2 aromatic carbocycles.